The summed E-state index contributed by atoms with van der Waals surface area (Å²) in [5, 5.41) is 2.23. The summed E-state index contributed by atoms with van der Waals surface area (Å²) in [5.74, 6) is 0.911. The number of rotatable bonds is 2. The third-order valence-electron chi connectivity index (χ3n) is 2.75. The number of nitrogens with zero attached hydrogens (tertiary/aromatic N) is 1. The van der Waals surface area contributed by atoms with Crippen LogP contribution in [0.4, 0.5) is 5.69 Å². The molecule has 3 nitrogen and oxygen atoms in total. The SMILES string of the molecule is COc1ccc(N2CCCCCN2)cc1. The third kappa shape index (κ3) is 2.63. The Morgan fingerprint density at radius 3 is 2.67 bits per heavy atom. The van der Waals surface area contributed by atoms with Crippen molar-refractivity contribution in [2.45, 2.75) is 19.3 Å². The largest absolute Gasteiger partial charge is 0.497 e. The first-order valence-electron chi connectivity index (χ1n) is 5.55. The molecule has 0 radical (unpaired) electrons. The molecule has 0 amide bonds. The van der Waals surface area contributed by atoms with Gasteiger partial charge in [-0.1, -0.05) is 6.42 Å². The Balaban J connectivity index is 2.06. The van der Waals surface area contributed by atoms with E-state index in [-0.39, 0.29) is 0 Å². The number of anilines is 1. The Kier molecular flexibility index (Phi) is 3.45. The molecule has 1 aliphatic heterocycles. The Hall–Kier alpha value is -1.22. The Morgan fingerprint density at radius 2 is 1.93 bits per heavy atom. The van der Waals surface area contributed by atoms with E-state index in [1.165, 1.54) is 24.9 Å². The molecule has 1 aliphatic rings. The molecule has 2 rings (SSSR count). The molecule has 1 N–H and O–H groups in total. The van der Waals surface area contributed by atoms with Gasteiger partial charge in [0.1, 0.15) is 5.75 Å². The van der Waals surface area contributed by atoms with Crippen LogP contribution in [0.5, 0.6) is 5.75 Å². The number of hydrazine groups is 1. The molecule has 0 atom stereocenters. The van der Waals surface area contributed by atoms with Gasteiger partial charge in [0.05, 0.1) is 12.8 Å². The molecule has 1 heterocycles. The quantitative estimate of drug-likeness (QED) is 0.802. The van der Waals surface area contributed by atoms with Crippen LogP contribution in [0.3, 0.4) is 0 Å². The minimum Gasteiger partial charge on any atom is -0.497 e. The maximum absolute atomic E-state index is 5.14. The van der Waals surface area contributed by atoms with E-state index in [4.69, 9.17) is 4.74 Å². The number of nitrogens with one attached hydrogen (secondary N) is 1. The van der Waals surface area contributed by atoms with Crippen molar-refractivity contribution in [1.29, 1.82) is 0 Å². The van der Waals surface area contributed by atoms with Crippen LogP contribution in [0, 0.1) is 0 Å². The van der Waals surface area contributed by atoms with Gasteiger partial charge in [-0.05, 0) is 37.1 Å². The maximum Gasteiger partial charge on any atom is 0.119 e. The number of benzene rings is 1. The van der Waals surface area contributed by atoms with Crippen molar-refractivity contribution in [3.05, 3.63) is 24.3 Å². The van der Waals surface area contributed by atoms with Crippen LogP contribution in [0.1, 0.15) is 19.3 Å². The highest BCUT2D eigenvalue weighted by atomic mass is 16.5. The minimum atomic E-state index is 0.911. The van der Waals surface area contributed by atoms with Gasteiger partial charge in [0.15, 0.2) is 0 Å². The van der Waals surface area contributed by atoms with Crippen LogP contribution in [0.2, 0.25) is 0 Å². The van der Waals surface area contributed by atoms with Crippen molar-refractivity contribution in [3.8, 4) is 5.75 Å². The van der Waals surface area contributed by atoms with Gasteiger partial charge in [-0.15, -0.1) is 0 Å². The van der Waals surface area contributed by atoms with Crippen molar-refractivity contribution < 1.29 is 4.74 Å². The summed E-state index contributed by atoms with van der Waals surface area (Å²) in [6, 6.07) is 8.19. The number of hydrogen-bond acceptors (Lipinski definition) is 3. The van der Waals surface area contributed by atoms with E-state index in [1.807, 2.05) is 12.1 Å². The highest BCUT2D eigenvalue weighted by Crippen LogP contribution is 2.19. The van der Waals surface area contributed by atoms with Crippen LogP contribution >= 0.6 is 0 Å². The molecule has 1 aromatic rings. The molecule has 0 spiro atoms. The van der Waals surface area contributed by atoms with Crippen LogP contribution < -0.4 is 15.2 Å². The lowest BCUT2D eigenvalue weighted by atomic mass is 10.2. The number of methoxy groups -OCH3 is 1. The fourth-order valence-corrected chi connectivity index (χ4v) is 1.85. The molecule has 1 fully saturated rings. The van der Waals surface area contributed by atoms with Crippen molar-refractivity contribution in [2.75, 3.05) is 25.2 Å². The first-order chi connectivity index (χ1) is 7.40. The zero-order valence-corrected chi connectivity index (χ0v) is 9.20. The molecular formula is C12H18N2O. The molecule has 1 aromatic carbocycles. The number of ether oxygens (including phenoxy) is 1. The van der Waals surface area contributed by atoms with Crippen LogP contribution in [-0.2, 0) is 0 Å². The van der Waals surface area contributed by atoms with E-state index in [0.717, 1.165) is 18.8 Å². The number of hydrogen-bond donors (Lipinski definition) is 1. The van der Waals surface area contributed by atoms with Gasteiger partial charge < -0.3 is 9.75 Å². The van der Waals surface area contributed by atoms with Gasteiger partial charge in [0.25, 0.3) is 0 Å². The van der Waals surface area contributed by atoms with Gasteiger partial charge >= 0.3 is 0 Å². The topological polar surface area (TPSA) is 24.5 Å². The van der Waals surface area contributed by atoms with Gasteiger partial charge in [0.2, 0.25) is 0 Å². The summed E-state index contributed by atoms with van der Waals surface area (Å²) in [4.78, 5) is 0. The van der Waals surface area contributed by atoms with Crippen LogP contribution in [0.15, 0.2) is 24.3 Å². The lowest BCUT2D eigenvalue weighted by Gasteiger charge is -2.23. The monoisotopic (exact) mass is 206 g/mol. The molecule has 0 aromatic heterocycles. The lowest BCUT2D eigenvalue weighted by Crippen LogP contribution is -2.37. The molecule has 0 saturated carbocycles. The smallest absolute Gasteiger partial charge is 0.119 e. The summed E-state index contributed by atoms with van der Waals surface area (Å²) in [6.07, 6.45) is 3.85. The standard InChI is InChI=1S/C12H18N2O/c1-15-12-7-5-11(6-8-12)14-10-4-2-3-9-13-14/h5-8,13H,2-4,9-10H2,1H3. The third-order valence-corrected chi connectivity index (χ3v) is 2.75. The summed E-state index contributed by atoms with van der Waals surface area (Å²) in [6.45, 7) is 2.17. The van der Waals surface area contributed by atoms with E-state index >= 15 is 0 Å². The molecule has 82 valence electrons. The molecule has 1 saturated heterocycles. The Bertz CT molecular complexity index is 289. The van der Waals surface area contributed by atoms with E-state index in [9.17, 15) is 0 Å². The van der Waals surface area contributed by atoms with Crippen molar-refractivity contribution in [1.82, 2.24) is 5.43 Å². The van der Waals surface area contributed by atoms with Crippen molar-refractivity contribution in [3.63, 3.8) is 0 Å². The molecule has 3 heteroatoms. The van der Waals surface area contributed by atoms with E-state index < -0.39 is 0 Å². The van der Waals surface area contributed by atoms with Gasteiger partial charge in [-0.2, -0.15) is 0 Å². The second-order valence-electron chi connectivity index (χ2n) is 3.82. The highest BCUT2D eigenvalue weighted by Gasteiger charge is 2.08. The highest BCUT2D eigenvalue weighted by molar-refractivity contribution is 5.48. The Morgan fingerprint density at radius 1 is 1.13 bits per heavy atom. The predicted octanol–water partition coefficient (Wildman–Crippen LogP) is 2.19. The van der Waals surface area contributed by atoms with Crippen molar-refractivity contribution >= 4 is 5.69 Å². The molecule has 0 aliphatic carbocycles. The summed E-state index contributed by atoms with van der Waals surface area (Å²) in [5.41, 5.74) is 4.65. The fourth-order valence-electron chi connectivity index (χ4n) is 1.85. The average Bonchev–Trinajstić information content (AvgIpc) is 2.58. The van der Waals surface area contributed by atoms with E-state index in [2.05, 4.69) is 22.6 Å². The van der Waals surface area contributed by atoms with E-state index in [1.54, 1.807) is 7.11 Å². The van der Waals surface area contributed by atoms with E-state index in [0.29, 0.717) is 0 Å². The van der Waals surface area contributed by atoms with Gasteiger partial charge in [-0.25, -0.2) is 5.43 Å². The first-order valence-corrected chi connectivity index (χ1v) is 5.55. The summed E-state index contributed by atoms with van der Waals surface area (Å²) in [7, 11) is 1.69. The molecule has 0 unspecified atom stereocenters. The van der Waals surface area contributed by atoms with Gasteiger partial charge in [-0.3, -0.25) is 0 Å². The zero-order chi connectivity index (χ0) is 10.5. The normalized spacial score (nSPS) is 17.3. The molecular weight excluding hydrogens is 188 g/mol. The summed E-state index contributed by atoms with van der Waals surface area (Å²) < 4.78 is 5.14. The predicted molar refractivity (Wildman–Crippen MR) is 62.2 cm³/mol. The van der Waals surface area contributed by atoms with Gasteiger partial charge in [0, 0.05) is 13.1 Å². The van der Waals surface area contributed by atoms with Crippen molar-refractivity contribution in [2.24, 2.45) is 0 Å². The molecule has 15 heavy (non-hydrogen) atoms. The Labute approximate surface area is 91.0 Å². The van der Waals surface area contributed by atoms with Crippen LogP contribution in [0.25, 0.3) is 0 Å². The first kappa shape index (κ1) is 10.3. The maximum atomic E-state index is 5.14. The van der Waals surface area contributed by atoms with Crippen LogP contribution in [-0.4, -0.2) is 20.2 Å². The summed E-state index contributed by atoms with van der Waals surface area (Å²) >= 11 is 0. The second kappa shape index (κ2) is 5.03. The lowest BCUT2D eigenvalue weighted by molar-refractivity contribution is 0.414. The second-order valence-corrected chi connectivity index (χ2v) is 3.82. The zero-order valence-electron chi connectivity index (χ0n) is 9.20. The molecule has 0 bridgehead atoms. The average molecular weight is 206 g/mol. The fraction of sp³-hybridized carbons (Fsp3) is 0.500. The minimum absolute atomic E-state index is 0.911.